The number of ether oxygens (including phenoxy) is 1. The SMILES string of the molecule is C#CCCCC(C)(C(=O)O)C(=O)OCC. The molecular weight excluding hydrogens is 196 g/mol. The van der Waals surface area contributed by atoms with Crippen LogP contribution in [0.3, 0.4) is 0 Å². The summed E-state index contributed by atoms with van der Waals surface area (Å²) >= 11 is 0. The van der Waals surface area contributed by atoms with E-state index in [0.29, 0.717) is 12.8 Å². The fraction of sp³-hybridized carbons (Fsp3) is 0.636. The van der Waals surface area contributed by atoms with Crippen molar-refractivity contribution in [3.8, 4) is 12.3 Å². The van der Waals surface area contributed by atoms with Crippen LogP contribution in [0.2, 0.25) is 0 Å². The highest BCUT2D eigenvalue weighted by molar-refractivity contribution is 5.98. The Morgan fingerprint density at radius 2 is 2.13 bits per heavy atom. The number of aliphatic carboxylic acids is 1. The lowest BCUT2D eigenvalue weighted by Gasteiger charge is -2.21. The van der Waals surface area contributed by atoms with Gasteiger partial charge in [0, 0.05) is 6.42 Å². The minimum Gasteiger partial charge on any atom is -0.480 e. The topological polar surface area (TPSA) is 63.6 Å². The minimum absolute atomic E-state index is 0.177. The van der Waals surface area contributed by atoms with Crippen molar-refractivity contribution in [3.05, 3.63) is 0 Å². The van der Waals surface area contributed by atoms with Gasteiger partial charge < -0.3 is 9.84 Å². The van der Waals surface area contributed by atoms with Crippen molar-refractivity contribution in [3.63, 3.8) is 0 Å². The maximum atomic E-state index is 11.4. The Labute approximate surface area is 89.6 Å². The van der Waals surface area contributed by atoms with Crippen molar-refractivity contribution in [2.45, 2.75) is 33.1 Å². The summed E-state index contributed by atoms with van der Waals surface area (Å²) in [7, 11) is 0. The van der Waals surface area contributed by atoms with Gasteiger partial charge in [-0.15, -0.1) is 12.3 Å². The lowest BCUT2D eigenvalue weighted by atomic mass is 9.85. The Bertz CT molecular complexity index is 277. The number of unbranched alkanes of at least 4 members (excludes halogenated alkanes) is 1. The smallest absolute Gasteiger partial charge is 0.323 e. The average Bonchev–Trinajstić information content (AvgIpc) is 2.18. The minimum atomic E-state index is -1.48. The highest BCUT2D eigenvalue weighted by atomic mass is 16.5. The standard InChI is InChI=1S/C11H16O4/c1-4-6-7-8-11(3,9(12)13)10(14)15-5-2/h1H,5-8H2,2-3H3,(H,12,13). The lowest BCUT2D eigenvalue weighted by Crippen LogP contribution is -2.37. The van der Waals surface area contributed by atoms with Crippen molar-refractivity contribution in [2.75, 3.05) is 6.61 Å². The van der Waals surface area contributed by atoms with Crippen LogP contribution in [0.25, 0.3) is 0 Å². The molecule has 1 atom stereocenters. The molecule has 4 nitrogen and oxygen atoms in total. The fourth-order valence-electron chi connectivity index (χ4n) is 1.13. The number of hydrogen-bond acceptors (Lipinski definition) is 3. The van der Waals surface area contributed by atoms with Gasteiger partial charge in [-0.05, 0) is 26.7 Å². The van der Waals surface area contributed by atoms with Crippen molar-refractivity contribution in [2.24, 2.45) is 5.41 Å². The molecule has 0 aliphatic heterocycles. The highest BCUT2D eigenvalue weighted by Gasteiger charge is 2.42. The molecule has 0 saturated heterocycles. The van der Waals surface area contributed by atoms with Crippen LogP contribution < -0.4 is 0 Å². The first-order valence-corrected chi connectivity index (χ1v) is 4.83. The second-order valence-corrected chi connectivity index (χ2v) is 3.42. The Kier molecular flexibility index (Phi) is 5.46. The zero-order chi connectivity index (χ0) is 11.9. The number of esters is 1. The third kappa shape index (κ3) is 3.62. The molecule has 0 fully saturated rings. The normalized spacial score (nSPS) is 13.7. The van der Waals surface area contributed by atoms with Crippen LogP contribution in [0, 0.1) is 17.8 Å². The molecule has 0 spiro atoms. The molecule has 4 heteroatoms. The van der Waals surface area contributed by atoms with E-state index in [1.165, 1.54) is 6.92 Å². The van der Waals surface area contributed by atoms with Gasteiger partial charge in [0.25, 0.3) is 0 Å². The van der Waals surface area contributed by atoms with E-state index in [9.17, 15) is 9.59 Å². The third-order valence-corrected chi connectivity index (χ3v) is 2.20. The molecule has 0 radical (unpaired) electrons. The molecule has 15 heavy (non-hydrogen) atoms. The molecule has 0 aliphatic carbocycles. The molecule has 0 rings (SSSR count). The van der Waals surface area contributed by atoms with Crippen LogP contribution in [-0.2, 0) is 14.3 Å². The largest absolute Gasteiger partial charge is 0.480 e. The molecule has 0 aliphatic rings. The zero-order valence-electron chi connectivity index (χ0n) is 9.08. The van der Waals surface area contributed by atoms with Gasteiger partial charge in [-0.2, -0.15) is 0 Å². The number of carbonyl (C=O) groups excluding carboxylic acids is 1. The number of carboxylic acids is 1. The first-order chi connectivity index (χ1) is 6.99. The highest BCUT2D eigenvalue weighted by Crippen LogP contribution is 2.26. The second kappa shape index (κ2) is 6.07. The van der Waals surface area contributed by atoms with Crippen molar-refractivity contribution >= 4 is 11.9 Å². The van der Waals surface area contributed by atoms with E-state index in [0.717, 1.165) is 0 Å². The number of terminal acetylenes is 1. The summed E-state index contributed by atoms with van der Waals surface area (Å²) < 4.78 is 4.73. The molecule has 0 saturated carbocycles. The van der Waals surface area contributed by atoms with E-state index in [1.807, 2.05) is 0 Å². The molecule has 0 aromatic carbocycles. The summed E-state index contributed by atoms with van der Waals surface area (Å²) in [5.41, 5.74) is -1.48. The van der Waals surface area contributed by atoms with Crippen molar-refractivity contribution in [1.82, 2.24) is 0 Å². The van der Waals surface area contributed by atoms with Gasteiger partial charge >= 0.3 is 11.9 Å². The van der Waals surface area contributed by atoms with Gasteiger partial charge in [0.15, 0.2) is 5.41 Å². The van der Waals surface area contributed by atoms with E-state index in [4.69, 9.17) is 16.3 Å². The van der Waals surface area contributed by atoms with Crippen LogP contribution in [0.5, 0.6) is 0 Å². The second-order valence-electron chi connectivity index (χ2n) is 3.42. The van der Waals surface area contributed by atoms with E-state index < -0.39 is 17.4 Å². The summed E-state index contributed by atoms with van der Waals surface area (Å²) in [4.78, 5) is 22.4. The first-order valence-electron chi connectivity index (χ1n) is 4.83. The number of hydrogen-bond donors (Lipinski definition) is 1. The molecule has 0 amide bonds. The Balaban J connectivity index is 4.53. The Hall–Kier alpha value is -1.50. The summed E-state index contributed by atoms with van der Waals surface area (Å²) in [5.74, 6) is 0.537. The number of carboxylic acid groups (broad SMARTS) is 1. The summed E-state index contributed by atoms with van der Waals surface area (Å²) in [6.45, 7) is 3.18. The van der Waals surface area contributed by atoms with Gasteiger partial charge in [0.05, 0.1) is 6.61 Å². The quantitative estimate of drug-likeness (QED) is 0.313. The molecule has 1 unspecified atom stereocenters. The fourth-order valence-corrected chi connectivity index (χ4v) is 1.13. The van der Waals surface area contributed by atoms with Gasteiger partial charge in [0.2, 0.25) is 0 Å². The predicted molar refractivity (Wildman–Crippen MR) is 55.1 cm³/mol. The van der Waals surface area contributed by atoms with E-state index in [1.54, 1.807) is 6.92 Å². The summed E-state index contributed by atoms with van der Waals surface area (Å²) in [6, 6.07) is 0. The zero-order valence-corrected chi connectivity index (χ0v) is 9.08. The van der Waals surface area contributed by atoms with Crippen LogP contribution in [0.15, 0.2) is 0 Å². The van der Waals surface area contributed by atoms with Gasteiger partial charge in [0.1, 0.15) is 0 Å². The predicted octanol–water partition coefficient (Wildman–Crippen LogP) is 1.44. The van der Waals surface area contributed by atoms with Gasteiger partial charge in [-0.25, -0.2) is 0 Å². The molecule has 0 bridgehead atoms. The van der Waals surface area contributed by atoms with Crippen LogP contribution in [0.1, 0.15) is 33.1 Å². The lowest BCUT2D eigenvalue weighted by molar-refractivity contribution is -0.167. The molecule has 0 heterocycles. The third-order valence-electron chi connectivity index (χ3n) is 2.20. The van der Waals surface area contributed by atoms with Gasteiger partial charge in [-0.1, -0.05) is 0 Å². The van der Waals surface area contributed by atoms with Crippen molar-refractivity contribution < 1.29 is 19.4 Å². The first kappa shape index (κ1) is 13.5. The van der Waals surface area contributed by atoms with Crippen LogP contribution in [0.4, 0.5) is 0 Å². The van der Waals surface area contributed by atoms with Crippen molar-refractivity contribution in [1.29, 1.82) is 0 Å². The van der Waals surface area contributed by atoms with E-state index >= 15 is 0 Å². The Morgan fingerprint density at radius 3 is 2.53 bits per heavy atom. The number of rotatable bonds is 6. The van der Waals surface area contributed by atoms with Crippen LogP contribution >= 0.6 is 0 Å². The van der Waals surface area contributed by atoms with E-state index in [2.05, 4.69) is 5.92 Å². The summed E-state index contributed by atoms with van der Waals surface area (Å²) in [6.07, 6.45) is 6.21. The molecule has 0 aromatic rings. The number of carbonyl (C=O) groups is 2. The Morgan fingerprint density at radius 1 is 1.53 bits per heavy atom. The monoisotopic (exact) mass is 212 g/mol. The maximum Gasteiger partial charge on any atom is 0.323 e. The van der Waals surface area contributed by atoms with Crippen LogP contribution in [-0.4, -0.2) is 23.7 Å². The maximum absolute atomic E-state index is 11.4. The van der Waals surface area contributed by atoms with Gasteiger partial charge in [-0.3, -0.25) is 9.59 Å². The molecule has 1 N–H and O–H groups in total. The molecule has 84 valence electrons. The molecule has 0 aromatic heterocycles. The molecular formula is C11H16O4. The summed E-state index contributed by atoms with van der Waals surface area (Å²) in [5, 5.41) is 8.98. The van der Waals surface area contributed by atoms with E-state index in [-0.39, 0.29) is 13.0 Å². The average molecular weight is 212 g/mol.